The predicted octanol–water partition coefficient (Wildman–Crippen LogP) is 1.51. The normalized spacial score (nSPS) is 20.2. The first-order valence-electron chi connectivity index (χ1n) is 7.49. The second kappa shape index (κ2) is 6.45. The third-order valence-electron chi connectivity index (χ3n) is 4.19. The molecule has 0 bridgehead atoms. The monoisotopic (exact) mass is 292 g/mol. The van der Waals surface area contributed by atoms with Crippen LogP contribution in [0.4, 0.5) is 4.39 Å². The molecule has 1 saturated heterocycles. The standard InChI is InChI=1S/C16H21FN2O2/c17-12-1-2-16-13(9-12)14(5-8-21-16)19-10-15(20)11-3-6-18-7-4-11/h1-2,5,9,11,15,18-20H,3-4,6-8,10H2. The Bertz CT molecular complexity index is 527. The van der Waals surface area contributed by atoms with Gasteiger partial charge < -0.3 is 20.5 Å². The maximum atomic E-state index is 13.4. The van der Waals surface area contributed by atoms with Gasteiger partial charge in [0.2, 0.25) is 0 Å². The first-order valence-corrected chi connectivity index (χ1v) is 7.49. The van der Waals surface area contributed by atoms with E-state index >= 15 is 0 Å². The Balaban J connectivity index is 1.63. The van der Waals surface area contributed by atoms with Gasteiger partial charge in [-0.25, -0.2) is 4.39 Å². The van der Waals surface area contributed by atoms with E-state index in [1.165, 1.54) is 12.1 Å². The van der Waals surface area contributed by atoms with E-state index in [0.29, 0.717) is 24.8 Å². The van der Waals surface area contributed by atoms with Crippen LogP contribution in [0.1, 0.15) is 18.4 Å². The number of fused-ring (bicyclic) bond motifs is 1. The second-order valence-electron chi connectivity index (χ2n) is 5.60. The molecule has 2 heterocycles. The van der Waals surface area contributed by atoms with Crippen molar-refractivity contribution >= 4 is 5.70 Å². The van der Waals surface area contributed by atoms with Gasteiger partial charge in [0, 0.05) is 17.8 Å². The van der Waals surface area contributed by atoms with Crippen LogP contribution in [-0.2, 0) is 0 Å². The molecule has 4 nitrogen and oxygen atoms in total. The lowest BCUT2D eigenvalue weighted by Crippen LogP contribution is -2.39. The highest BCUT2D eigenvalue weighted by atomic mass is 19.1. The van der Waals surface area contributed by atoms with Crippen LogP contribution in [0.3, 0.4) is 0 Å². The smallest absolute Gasteiger partial charge is 0.129 e. The highest BCUT2D eigenvalue weighted by molar-refractivity contribution is 5.70. The van der Waals surface area contributed by atoms with Crippen LogP contribution in [0.25, 0.3) is 5.70 Å². The van der Waals surface area contributed by atoms with Gasteiger partial charge in [-0.15, -0.1) is 0 Å². The summed E-state index contributed by atoms with van der Waals surface area (Å²) in [5.41, 5.74) is 1.56. The summed E-state index contributed by atoms with van der Waals surface area (Å²) >= 11 is 0. The molecular formula is C16H21FN2O2. The summed E-state index contributed by atoms with van der Waals surface area (Å²) in [7, 11) is 0. The first kappa shape index (κ1) is 14.4. The molecule has 5 heteroatoms. The average molecular weight is 292 g/mol. The molecule has 0 amide bonds. The number of piperidine rings is 1. The Morgan fingerprint density at radius 1 is 1.38 bits per heavy atom. The number of aliphatic hydroxyl groups is 1. The van der Waals surface area contributed by atoms with Crippen LogP contribution in [0.5, 0.6) is 5.75 Å². The van der Waals surface area contributed by atoms with Crippen molar-refractivity contribution in [2.45, 2.75) is 18.9 Å². The molecule has 21 heavy (non-hydrogen) atoms. The van der Waals surface area contributed by atoms with Gasteiger partial charge in [0.05, 0.1) is 6.10 Å². The van der Waals surface area contributed by atoms with Crippen molar-refractivity contribution in [1.82, 2.24) is 10.6 Å². The van der Waals surface area contributed by atoms with Crippen LogP contribution in [0.2, 0.25) is 0 Å². The lowest BCUT2D eigenvalue weighted by atomic mass is 9.92. The number of rotatable bonds is 4. The van der Waals surface area contributed by atoms with E-state index in [4.69, 9.17) is 4.74 Å². The van der Waals surface area contributed by atoms with Gasteiger partial charge in [-0.1, -0.05) is 0 Å². The maximum absolute atomic E-state index is 13.4. The lowest BCUT2D eigenvalue weighted by molar-refractivity contribution is 0.0915. The first-order chi connectivity index (χ1) is 10.2. The topological polar surface area (TPSA) is 53.5 Å². The third-order valence-corrected chi connectivity index (χ3v) is 4.19. The lowest BCUT2D eigenvalue weighted by Gasteiger charge is -2.28. The Morgan fingerprint density at radius 2 is 2.19 bits per heavy atom. The van der Waals surface area contributed by atoms with Crippen molar-refractivity contribution in [3.63, 3.8) is 0 Å². The molecule has 0 spiro atoms. The van der Waals surface area contributed by atoms with Crippen molar-refractivity contribution in [3.05, 3.63) is 35.7 Å². The quantitative estimate of drug-likeness (QED) is 0.787. The van der Waals surface area contributed by atoms with Gasteiger partial charge >= 0.3 is 0 Å². The van der Waals surface area contributed by atoms with Crippen molar-refractivity contribution in [2.24, 2.45) is 5.92 Å². The number of hydrogen-bond acceptors (Lipinski definition) is 4. The zero-order valence-corrected chi connectivity index (χ0v) is 11.9. The Kier molecular flexibility index (Phi) is 4.41. The molecule has 1 fully saturated rings. The van der Waals surface area contributed by atoms with Crippen LogP contribution in [-0.4, -0.2) is 37.5 Å². The van der Waals surface area contributed by atoms with Gasteiger partial charge in [-0.05, 0) is 56.1 Å². The zero-order valence-electron chi connectivity index (χ0n) is 11.9. The molecular weight excluding hydrogens is 271 g/mol. The van der Waals surface area contributed by atoms with Gasteiger partial charge in [0.25, 0.3) is 0 Å². The number of nitrogens with one attached hydrogen (secondary N) is 2. The minimum absolute atomic E-state index is 0.286. The average Bonchev–Trinajstić information content (AvgIpc) is 2.53. The summed E-state index contributed by atoms with van der Waals surface area (Å²) in [6.07, 6.45) is 3.50. The van der Waals surface area contributed by atoms with Gasteiger partial charge in [0.1, 0.15) is 18.2 Å². The van der Waals surface area contributed by atoms with E-state index in [9.17, 15) is 9.50 Å². The fourth-order valence-electron chi connectivity index (χ4n) is 2.94. The Labute approximate surface area is 124 Å². The summed E-state index contributed by atoms with van der Waals surface area (Å²) in [4.78, 5) is 0. The summed E-state index contributed by atoms with van der Waals surface area (Å²) in [5.74, 6) is 0.717. The molecule has 3 N–H and O–H groups in total. The van der Waals surface area contributed by atoms with Gasteiger partial charge in [0.15, 0.2) is 0 Å². The largest absolute Gasteiger partial charge is 0.489 e. The van der Waals surface area contributed by atoms with Crippen molar-refractivity contribution < 1.29 is 14.2 Å². The van der Waals surface area contributed by atoms with E-state index < -0.39 is 0 Å². The maximum Gasteiger partial charge on any atom is 0.129 e. The molecule has 1 unspecified atom stereocenters. The molecule has 1 atom stereocenters. The van der Waals surface area contributed by atoms with E-state index in [0.717, 1.165) is 37.2 Å². The predicted molar refractivity (Wildman–Crippen MR) is 79.5 cm³/mol. The minimum atomic E-state index is -0.382. The molecule has 114 valence electrons. The summed E-state index contributed by atoms with van der Waals surface area (Å²) in [5, 5.41) is 16.8. The molecule has 0 aliphatic carbocycles. The SMILES string of the molecule is OC(CNC1=CCOc2ccc(F)cc21)C1CCNCC1. The number of ether oxygens (including phenoxy) is 1. The van der Waals surface area contributed by atoms with Crippen molar-refractivity contribution in [2.75, 3.05) is 26.2 Å². The molecule has 2 aliphatic heterocycles. The highest BCUT2D eigenvalue weighted by Gasteiger charge is 2.22. The van der Waals surface area contributed by atoms with Crippen molar-refractivity contribution in [1.29, 1.82) is 0 Å². The number of hydrogen-bond donors (Lipinski definition) is 3. The minimum Gasteiger partial charge on any atom is -0.489 e. The Morgan fingerprint density at radius 3 is 3.00 bits per heavy atom. The van der Waals surface area contributed by atoms with Gasteiger partial charge in [-0.3, -0.25) is 0 Å². The summed E-state index contributed by atoms with van der Waals surface area (Å²) in [6.45, 7) is 2.87. The number of halogens is 1. The molecule has 3 rings (SSSR count). The zero-order chi connectivity index (χ0) is 14.7. The molecule has 0 aromatic heterocycles. The van der Waals surface area contributed by atoms with E-state index in [1.807, 2.05) is 6.08 Å². The molecule has 0 saturated carbocycles. The van der Waals surface area contributed by atoms with Crippen LogP contribution in [0.15, 0.2) is 24.3 Å². The second-order valence-corrected chi connectivity index (χ2v) is 5.60. The fourth-order valence-corrected chi connectivity index (χ4v) is 2.94. The summed E-state index contributed by atoms with van der Waals surface area (Å²) in [6, 6.07) is 4.50. The van der Waals surface area contributed by atoms with Gasteiger partial charge in [-0.2, -0.15) is 0 Å². The van der Waals surface area contributed by atoms with Crippen LogP contribution < -0.4 is 15.4 Å². The Hall–Kier alpha value is -1.59. The summed E-state index contributed by atoms with van der Waals surface area (Å²) < 4.78 is 18.9. The molecule has 1 aromatic carbocycles. The molecule has 2 aliphatic rings. The molecule has 1 aromatic rings. The highest BCUT2D eigenvalue weighted by Crippen LogP contribution is 2.29. The number of aliphatic hydroxyl groups excluding tert-OH is 1. The number of benzene rings is 1. The van der Waals surface area contributed by atoms with E-state index in [1.54, 1.807) is 6.07 Å². The van der Waals surface area contributed by atoms with E-state index in [2.05, 4.69) is 10.6 Å². The van der Waals surface area contributed by atoms with E-state index in [-0.39, 0.29) is 11.9 Å². The molecule has 0 radical (unpaired) electrons. The fraction of sp³-hybridized carbons (Fsp3) is 0.500. The van der Waals surface area contributed by atoms with Crippen molar-refractivity contribution in [3.8, 4) is 5.75 Å². The van der Waals surface area contributed by atoms with Crippen LogP contribution >= 0.6 is 0 Å². The van der Waals surface area contributed by atoms with Crippen LogP contribution in [0, 0.1) is 11.7 Å². The third kappa shape index (κ3) is 3.36.